The number of rotatable bonds is 6. The fraction of sp³-hybridized carbons (Fsp3) is 0.227. The first-order valence-electron chi connectivity index (χ1n) is 9.24. The number of nitrogens with one attached hydrogen (secondary N) is 1. The molecule has 1 aliphatic carbocycles. The largest absolute Gasteiger partial charge is 0.449 e. The normalized spacial score (nSPS) is 14.3. The molecule has 6 heteroatoms. The van der Waals surface area contributed by atoms with E-state index in [0.29, 0.717) is 22.8 Å². The molecule has 6 nitrogen and oxygen atoms in total. The lowest BCUT2D eigenvalue weighted by atomic mass is 10.1. The molecular weight excluding hydrogens is 356 g/mol. The van der Waals surface area contributed by atoms with Crippen molar-refractivity contribution in [3.05, 3.63) is 66.4 Å². The van der Waals surface area contributed by atoms with Gasteiger partial charge in [-0.15, -0.1) is 0 Å². The summed E-state index contributed by atoms with van der Waals surface area (Å²) in [5.41, 5.74) is 1.71. The van der Waals surface area contributed by atoms with Crippen molar-refractivity contribution in [3.8, 4) is 22.8 Å². The molecule has 0 bridgehead atoms. The summed E-state index contributed by atoms with van der Waals surface area (Å²) in [6.45, 7) is 1.57. The van der Waals surface area contributed by atoms with Gasteiger partial charge in [-0.25, -0.2) is 9.78 Å². The van der Waals surface area contributed by atoms with Crippen LogP contribution in [0, 0.1) is 0 Å². The summed E-state index contributed by atoms with van der Waals surface area (Å²) in [7, 11) is 0. The minimum absolute atomic E-state index is 0.213. The molecular formula is C22H20N2O4. The summed E-state index contributed by atoms with van der Waals surface area (Å²) >= 11 is 0. The van der Waals surface area contributed by atoms with E-state index in [1.807, 2.05) is 30.3 Å². The number of esters is 1. The summed E-state index contributed by atoms with van der Waals surface area (Å²) in [6.07, 6.45) is 2.70. The molecule has 1 fully saturated rings. The van der Waals surface area contributed by atoms with Crippen molar-refractivity contribution in [2.75, 3.05) is 0 Å². The Balaban J connectivity index is 1.54. The zero-order valence-electron chi connectivity index (χ0n) is 15.4. The molecule has 28 heavy (non-hydrogen) atoms. The standard InChI is InChI=1S/C22H20N2O4/c1-14(20(25)24-16-11-12-16)27-22(26)18-10-6-5-9-17(18)21-23-13-19(28-21)15-7-3-2-4-8-15/h2-10,13-14,16H,11-12H2,1H3,(H,24,25)/t14-/m1/s1. The molecule has 1 aromatic heterocycles. The van der Waals surface area contributed by atoms with Crippen molar-refractivity contribution in [2.45, 2.75) is 31.9 Å². The van der Waals surface area contributed by atoms with Crippen molar-refractivity contribution < 1.29 is 18.7 Å². The molecule has 3 aromatic rings. The van der Waals surface area contributed by atoms with Crippen molar-refractivity contribution >= 4 is 11.9 Å². The number of hydrogen-bond acceptors (Lipinski definition) is 5. The first-order chi connectivity index (χ1) is 13.6. The van der Waals surface area contributed by atoms with Crippen LogP contribution in [0.2, 0.25) is 0 Å². The van der Waals surface area contributed by atoms with E-state index in [0.717, 1.165) is 18.4 Å². The van der Waals surface area contributed by atoms with E-state index in [-0.39, 0.29) is 11.9 Å². The molecule has 142 valence electrons. The van der Waals surface area contributed by atoms with Crippen LogP contribution in [0.25, 0.3) is 22.8 Å². The predicted octanol–water partition coefficient (Wildman–Crippen LogP) is 3.83. The Morgan fingerprint density at radius 1 is 1.11 bits per heavy atom. The quantitative estimate of drug-likeness (QED) is 0.661. The molecule has 0 unspecified atom stereocenters. The molecule has 0 radical (unpaired) electrons. The van der Waals surface area contributed by atoms with Crippen LogP contribution in [-0.2, 0) is 9.53 Å². The third-order valence-corrected chi connectivity index (χ3v) is 4.52. The van der Waals surface area contributed by atoms with Gasteiger partial charge in [-0.3, -0.25) is 4.79 Å². The second kappa shape index (κ2) is 7.68. The van der Waals surface area contributed by atoms with Crippen molar-refractivity contribution in [1.82, 2.24) is 10.3 Å². The Labute approximate surface area is 162 Å². The van der Waals surface area contributed by atoms with Crippen LogP contribution < -0.4 is 5.32 Å². The van der Waals surface area contributed by atoms with Gasteiger partial charge in [-0.2, -0.15) is 0 Å². The molecule has 1 amide bonds. The second-order valence-electron chi connectivity index (χ2n) is 6.77. The number of hydrogen-bond donors (Lipinski definition) is 1. The van der Waals surface area contributed by atoms with E-state index in [2.05, 4.69) is 10.3 Å². The SMILES string of the molecule is C[C@@H](OC(=O)c1ccccc1-c1ncc(-c2ccccc2)o1)C(=O)NC1CC1. The van der Waals surface area contributed by atoms with Gasteiger partial charge >= 0.3 is 5.97 Å². The van der Waals surface area contributed by atoms with E-state index in [9.17, 15) is 9.59 Å². The number of benzene rings is 2. The molecule has 1 aliphatic rings. The van der Waals surface area contributed by atoms with Crippen molar-refractivity contribution in [2.24, 2.45) is 0 Å². The van der Waals surface area contributed by atoms with E-state index in [4.69, 9.17) is 9.15 Å². The fourth-order valence-corrected chi connectivity index (χ4v) is 2.81. The highest BCUT2D eigenvalue weighted by molar-refractivity contribution is 5.97. The zero-order valence-corrected chi connectivity index (χ0v) is 15.4. The molecule has 0 spiro atoms. The van der Waals surface area contributed by atoms with Crippen molar-refractivity contribution in [1.29, 1.82) is 0 Å². The highest BCUT2D eigenvalue weighted by Gasteiger charge is 2.28. The van der Waals surface area contributed by atoms with Crippen LogP contribution in [0.1, 0.15) is 30.1 Å². The van der Waals surface area contributed by atoms with Crippen LogP contribution >= 0.6 is 0 Å². The average Bonchev–Trinajstić information content (AvgIpc) is 3.40. The van der Waals surface area contributed by atoms with Gasteiger partial charge in [0.05, 0.1) is 17.3 Å². The summed E-state index contributed by atoms with van der Waals surface area (Å²) in [5, 5.41) is 2.83. The maximum absolute atomic E-state index is 12.7. The molecule has 1 N–H and O–H groups in total. The van der Waals surface area contributed by atoms with Gasteiger partial charge in [-0.1, -0.05) is 42.5 Å². The number of nitrogens with zero attached hydrogens (tertiary/aromatic N) is 1. The Morgan fingerprint density at radius 3 is 2.57 bits per heavy atom. The molecule has 0 aliphatic heterocycles. The first-order valence-corrected chi connectivity index (χ1v) is 9.24. The summed E-state index contributed by atoms with van der Waals surface area (Å²) in [6, 6.07) is 16.7. The van der Waals surface area contributed by atoms with Crippen LogP contribution in [-0.4, -0.2) is 29.0 Å². The number of carbonyl (C=O) groups is 2. The monoisotopic (exact) mass is 376 g/mol. The lowest BCUT2D eigenvalue weighted by molar-refractivity contribution is -0.129. The van der Waals surface area contributed by atoms with Crippen LogP contribution in [0.4, 0.5) is 0 Å². The summed E-state index contributed by atoms with van der Waals surface area (Å²) in [5.74, 6) is 0.0572. The maximum Gasteiger partial charge on any atom is 0.339 e. The highest BCUT2D eigenvalue weighted by atomic mass is 16.5. The molecule has 2 aromatic carbocycles. The van der Waals surface area contributed by atoms with Gasteiger partial charge < -0.3 is 14.5 Å². The Morgan fingerprint density at radius 2 is 1.82 bits per heavy atom. The van der Waals surface area contributed by atoms with Crippen LogP contribution in [0.3, 0.4) is 0 Å². The van der Waals surface area contributed by atoms with Gasteiger partial charge in [0.1, 0.15) is 0 Å². The fourth-order valence-electron chi connectivity index (χ4n) is 2.81. The lowest BCUT2D eigenvalue weighted by Gasteiger charge is -2.14. The van der Waals surface area contributed by atoms with E-state index >= 15 is 0 Å². The summed E-state index contributed by atoms with van der Waals surface area (Å²) < 4.78 is 11.2. The van der Waals surface area contributed by atoms with Crippen molar-refractivity contribution in [3.63, 3.8) is 0 Å². The number of carbonyl (C=O) groups excluding carboxylic acids is 2. The van der Waals surface area contributed by atoms with Crippen LogP contribution in [0.15, 0.2) is 65.2 Å². The molecule has 0 saturated heterocycles. The zero-order chi connectivity index (χ0) is 19.5. The minimum Gasteiger partial charge on any atom is -0.449 e. The Kier molecular flexibility index (Phi) is 4.93. The van der Waals surface area contributed by atoms with Gasteiger partial charge in [0.25, 0.3) is 5.91 Å². The average molecular weight is 376 g/mol. The van der Waals surface area contributed by atoms with Gasteiger partial charge in [0, 0.05) is 11.6 Å². The highest BCUT2D eigenvalue weighted by Crippen LogP contribution is 2.28. The predicted molar refractivity (Wildman–Crippen MR) is 103 cm³/mol. The van der Waals surface area contributed by atoms with E-state index in [1.165, 1.54) is 0 Å². The number of amides is 1. The lowest BCUT2D eigenvalue weighted by Crippen LogP contribution is -2.37. The Hall–Kier alpha value is -3.41. The van der Waals surface area contributed by atoms with Crippen LogP contribution in [0.5, 0.6) is 0 Å². The van der Waals surface area contributed by atoms with E-state index < -0.39 is 12.1 Å². The van der Waals surface area contributed by atoms with Gasteiger partial charge in [-0.05, 0) is 31.9 Å². The molecule has 1 atom stereocenters. The number of oxazole rings is 1. The maximum atomic E-state index is 12.7. The number of ether oxygens (including phenoxy) is 1. The first kappa shape index (κ1) is 18.0. The third kappa shape index (κ3) is 3.96. The molecule has 1 heterocycles. The second-order valence-corrected chi connectivity index (χ2v) is 6.77. The molecule has 4 rings (SSSR count). The Bertz CT molecular complexity index is 993. The topological polar surface area (TPSA) is 81.4 Å². The molecule has 1 saturated carbocycles. The third-order valence-electron chi connectivity index (χ3n) is 4.52. The van der Waals surface area contributed by atoms with E-state index in [1.54, 1.807) is 37.4 Å². The van der Waals surface area contributed by atoms with Gasteiger partial charge in [0.2, 0.25) is 5.89 Å². The van der Waals surface area contributed by atoms with Gasteiger partial charge in [0.15, 0.2) is 11.9 Å². The minimum atomic E-state index is -0.870. The summed E-state index contributed by atoms with van der Waals surface area (Å²) in [4.78, 5) is 29.0. The number of aromatic nitrogens is 1. The smallest absolute Gasteiger partial charge is 0.339 e.